The normalized spacial score (nSPS) is 13.0. The van der Waals surface area contributed by atoms with Crippen molar-refractivity contribution in [2.24, 2.45) is 0 Å². The third kappa shape index (κ3) is 35.5. The minimum Gasteiger partial charge on any atom is -0.477 e. The molecule has 312 valence electrons. The van der Waals surface area contributed by atoms with Gasteiger partial charge in [0, 0.05) is 19.3 Å². The number of carboxylic acids is 1. The lowest BCUT2D eigenvalue weighted by molar-refractivity contribution is -0.887. The van der Waals surface area contributed by atoms with Crippen LogP contribution in [-0.4, -0.2) is 80.6 Å². The van der Waals surface area contributed by atoms with Gasteiger partial charge in [-0.1, -0.05) is 167 Å². The van der Waals surface area contributed by atoms with E-state index in [2.05, 4.69) is 26.0 Å². The van der Waals surface area contributed by atoms with Crippen molar-refractivity contribution in [1.82, 2.24) is 0 Å². The lowest BCUT2D eigenvalue weighted by Gasteiger charge is -2.31. The number of nitrogens with zero attached hydrogens (tertiary/aromatic N) is 1. The molecular formula is C45H86NO7+. The molecule has 0 aliphatic carbocycles. The average molecular weight is 753 g/mol. The number of aliphatic carboxylic acids is 1. The summed E-state index contributed by atoms with van der Waals surface area (Å²) in [4.78, 5) is 36.9. The van der Waals surface area contributed by atoms with Crippen LogP contribution in [0.15, 0.2) is 12.2 Å². The van der Waals surface area contributed by atoms with Crippen molar-refractivity contribution in [3.8, 4) is 0 Å². The number of rotatable bonds is 40. The maximum atomic E-state index is 12.7. The van der Waals surface area contributed by atoms with E-state index in [9.17, 15) is 19.5 Å². The summed E-state index contributed by atoms with van der Waals surface area (Å²) < 4.78 is 17.2. The molecule has 8 nitrogen and oxygen atoms in total. The fourth-order valence-electron chi connectivity index (χ4n) is 6.66. The molecule has 0 saturated carbocycles. The average Bonchev–Trinajstić information content (AvgIpc) is 3.11. The van der Waals surface area contributed by atoms with Gasteiger partial charge in [0.25, 0.3) is 0 Å². The number of ether oxygens (including phenoxy) is 3. The predicted octanol–water partition coefficient (Wildman–Crippen LogP) is 11.9. The molecule has 0 spiro atoms. The molecule has 8 heteroatoms. The minimum atomic E-state index is -0.874. The summed E-state index contributed by atoms with van der Waals surface area (Å²) in [6.45, 7) is 4.70. The first-order chi connectivity index (χ1) is 25.6. The zero-order valence-electron chi connectivity index (χ0n) is 35.5. The molecule has 0 aromatic heterocycles. The quantitative estimate of drug-likeness (QED) is 0.0288. The summed E-state index contributed by atoms with van der Waals surface area (Å²) in [6.07, 6.45) is 38.3. The van der Waals surface area contributed by atoms with Gasteiger partial charge in [-0.25, -0.2) is 4.79 Å². The number of allylic oxidation sites excluding steroid dienone is 2. The highest BCUT2D eigenvalue weighted by Crippen LogP contribution is 2.16. The van der Waals surface area contributed by atoms with Gasteiger partial charge in [-0.2, -0.15) is 0 Å². The molecule has 0 amide bonds. The van der Waals surface area contributed by atoms with Crippen LogP contribution in [-0.2, 0) is 28.6 Å². The molecule has 0 aliphatic heterocycles. The number of carboxylic acid groups (broad SMARTS) is 1. The van der Waals surface area contributed by atoms with E-state index in [0.29, 0.717) is 19.3 Å². The lowest BCUT2D eigenvalue weighted by Crippen LogP contribution is -2.50. The van der Waals surface area contributed by atoms with E-state index in [1.807, 2.05) is 21.1 Å². The molecule has 0 aliphatic rings. The van der Waals surface area contributed by atoms with Gasteiger partial charge in [-0.15, -0.1) is 0 Å². The first-order valence-electron chi connectivity index (χ1n) is 22.2. The van der Waals surface area contributed by atoms with E-state index in [1.165, 1.54) is 116 Å². The molecule has 0 saturated heterocycles. The van der Waals surface area contributed by atoms with Crippen molar-refractivity contribution in [1.29, 1.82) is 0 Å². The van der Waals surface area contributed by atoms with Crippen LogP contribution >= 0.6 is 0 Å². The molecule has 0 radical (unpaired) electrons. The summed E-state index contributed by atoms with van der Waals surface area (Å²) in [5, 5.41) is 9.60. The Hall–Kier alpha value is -1.93. The van der Waals surface area contributed by atoms with Crippen LogP contribution in [0.4, 0.5) is 0 Å². The Labute approximate surface area is 327 Å². The van der Waals surface area contributed by atoms with Crippen LogP contribution in [0.1, 0.15) is 206 Å². The summed E-state index contributed by atoms with van der Waals surface area (Å²) in [7, 11) is 5.53. The summed E-state index contributed by atoms with van der Waals surface area (Å²) in [6, 6.07) is -0.611. The maximum Gasteiger partial charge on any atom is 0.362 e. The van der Waals surface area contributed by atoms with Gasteiger partial charge in [0.1, 0.15) is 6.61 Å². The number of quaternary nitrogens is 1. The smallest absolute Gasteiger partial charge is 0.362 e. The zero-order valence-corrected chi connectivity index (χ0v) is 35.5. The molecule has 0 fully saturated rings. The third-order valence-electron chi connectivity index (χ3n) is 10.2. The van der Waals surface area contributed by atoms with E-state index < -0.39 is 18.1 Å². The summed E-state index contributed by atoms with van der Waals surface area (Å²) >= 11 is 0. The summed E-state index contributed by atoms with van der Waals surface area (Å²) in [5.41, 5.74) is 0. The molecular weight excluding hydrogens is 666 g/mol. The highest BCUT2D eigenvalue weighted by atomic mass is 16.6. The first kappa shape index (κ1) is 51.1. The Morgan fingerprint density at radius 2 is 0.962 bits per heavy atom. The molecule has 2 unspecified atom stereocenters. The second kappa shape index (κ2) is 37.0. The highest BCUT2D eigenvalue weighted by molar-refractivity contribution is 5.72. The van der Waals surface area contributed by atoms with Crippen LogP contribution < -0.4 is 0 Å². The van der Waals surface area contributed by atoms with Gasteiger partial charge in [0.05, 0.1) is 34.4 Å². The fourth-order valence-corrected chi connectivity index (χ4v) is 6.66. The topological polar surface area (TPSA) is 99.1 Å². The van der Waals surface area contributed by atoms with Crippen LogP contribution in [0, 0.1) is 0 Å². The van der Waals surface area contributed by atoms with E-state index in [1.54, 1.807) is 0 Å². The summed E-state index contributed by atoms with van der Waals surface area (Å²) in [5.74, 6) is -1.47. The number of hydrogen-bond donors (Lipinski definition) is 1. The highest BCUT2D eigenvalue weighted by Gasteiger charge is 2.31. The van der Waals surface area contributed by atoms with E-state index >= 15 is 0 Å². The molecule has 0 heterocycles. The Bertz CT molecular complexity index is 885. The molecule has 2 atom stereocenters. The molecule has 53 heavy (non-hydrogen) atoms. The van der Waals surface area contributed by atoms with Crippen molar-refractivity contribution in [3.05, 3.63) is 12.2 Å². The maximum absolute atomic E-state index is 12.7. The monoisotopic (exact) mass is 753 g/mol. The molecule has 0 aromatic rings. The van der Waals surface area contributed by atoms with E-state index in [4.69, 9.17) is 14.2 Å². The molecule has 0 bridgehead atoms. The van der Waals surface area contributed by atoms with Crippen molar-refractivity contribution >= 4 is 17.9 Å². The van der Waals surface area contributed by atoms with Gasteiger partial charge in [-0.05, 0) is 32.1 Å². The lowest BCUT2D eigenvalue weighted by atomic mass is 10.0. The second-order valence-electron chi connectivity index (χ2n) is 16.3. The largest absolute Gasteiger partial charge is 0.477 e. The van der Waals surface area contributed by atoms with Gasteiger partial charge in [0.15, 0.2) is 12.1 Å². The number of likely N-dealkylation sites (N-methyl/N-ethyl adjacent to an activating group) is 1. The number of hydrogen-bond acceptors (Lipinski definition) is 6. The van der Waals surface area contributed by atoms with Crippen molar-refractivity contribution < 1.29 is 38.2 Å². The fraction of sp³-hybridized carbons (Fsp3) is 0.889. The van der Waals surface area contributed by atoms with Gasteiger partial charge in [-0.3, -0.25) is 9.59 Å². The number of unbranched alkanes of at least 4 members (excludes halogenated alkanes) is 24. The minimum absolute atomic E-state index is 0.0516. The Kier molecular flexibility index (Phi) is 35.7. The predicted molar refractivity (Wildman–Crippen MR) is 220 cm³/mol. The van der Waals surface area contributed by atoms with Crippen molar-refractivity contribution in [3.63, 3.8) is 0 Å². The third-order valence-corrected chi connectivity index (χ3v) is 10.2. The SMILES string of the molecule is CCCC/C=C/CCCCCCC(=O)OCC(COCCC(C(=O)O)[N+](C)(C)C)OC(=O)CCCCCCCCCCCCCCCCCCCCC. The second-order valence-corrected chi connectivity index (χ2v) is 16.3. The Balaban J connectivity index is 4.25. The van der Waals surface area contributed by atoms with Gasteiger partial charge in [0.2, 0.25) is 0 Å². The van der Waals surface area contributed by atoms with Crippen LogP contribution in [0.25, 0.3) is 0 Å². The molecule has 0 rings (SSSR count). The molecule has 0 aromatic carbocycles. The van der Waals surface area contributed by atoms with Crippen molar-refractivity contribution in [2.75, 3.05) is 41.0 Å². The van der Waals surface area contributed by atoms with Crippen LogP contribution in [0.2, 0.25) is 0 Å². The van der Waals surface area contributed by atoms with Gasteiger partial charge < -0.3 is 23.8 Å². The van der Waals surface area contributed by atoms with E-state index in [0.717, 1.165) is 57.8 Å². The van der Waals surface area contributed by atoms with Crippen LogP contribution in [0.3, 0.4) is 0 Å². The number of carbonyl (C=O) groups is 3. The zero-order chi connectivity index (χ0) is 39.3. The Morgan fingerprint density at radius 1 is 0.547 bits per heavy atom. The van der Waals surface area contributed by atoms with E-state index in [-0.39, 0.29) is 36.2 Å². The molecule has 1 N–H and O–H groups in total. The number of esters is 2. The first-order valence-corrected chi connectivity index (χ1v) is 22.2. The van der Waals surface area contributed by atoms with Crippen LogP contribution in [0.5, 0.6) is 0 Å². The van der Waals surface area contributed by atoms with Gasteiger partial charge >= 0.3 is 17.9 Å². The number of carbonyl (C=O) groups excluding carboxylic acids is 2. The standard InChI is InChI=1S/C45H85NO7/c1-6-8-10-12-14-16-18-19-20-21-22-23-24-25-26-28-30-32-34-36-44(48)53-41(39-51-38-37-42(45(49)50)46(3,4)5)40-52-43(47)35-33-31-29-27-17-15-13-11-9-7-2/h13,15,41-42H,6-12,14,16-40H2,1-5H3/p+1/b15-13+. The Morgan fingerprint density at radius 3 is 1.42 bits per heavy atom. The van der Waals surface area contributed by atoms with Crippen molar-refractivity contribution in [2.45, 2.75) is 219 Å².